The van der Waals surface area contributed by atoms with Gasteiger partial charge in [0, 0.05) is 24.5 Å². The van der Waals surface area contributed by atoms with Crippen LogP contribution in [0.3, 0.4) is 0 Å². The second-order valence-corrected chi connectivity index (χ2v) is 4.22. The van der Waals surface area contributed by atoms with Crippen LogP contribution in [0.25, 0.3) is 11.4 Å². The summed E-state index contributed by atoms with van der Waals surface area (Å²) < 4.78 is 0. The van der Waals surface area contributed by atoms with Crippen LogP contribution in [-0.2, 0) is 6.42 Å². The maximum atomic E-state index is 11.6. The Bertz CT molecular complexity index is 730. The Kier molecular flexibility index (Phi) is 2.94. The summed E-state index contributed by atoms with van der Waals surface area (Å²) >= 11 is 0. The van der Waals surface area contributed by atoms with E-state index in [1.807, 2.05) is 18.2 Å². The van der Waals surface area contributed by atoms with Crippen molar-refractivity contribution in [1.82, 2.24) is 20.2 Å². The summed E-state index contributed by atoms with van der Waals surface area (Å²) in [5, 5.41) is 6.06. The highest BCUT2D eigenvalue weighted by molar-refractivity contribution is 5.52. The van der Waals surface area contributed by atoms with Crippen molar-refractivity contribution in [2.75, 3.05) is 0 Å². The molecule has 5 nitrogen and oxygen atoms in total. The van der Waals surface area contributed by atoms with Gasteiger partial charge in [-0.15, -0.1) is 0 Å². The van der Waals surface area contributed by atoms with Crippen LogP contribution in [0.2, 0.25) is 0 Å². The molecular formula is C14H12N4O. The topological polar surface area (TPSA) is 74.4 Å². The summed E-state index contributed by atoms with van der Waals surface area (Å²) in [5.41, 5.74) is 2.41. The minimum absolute atomic E-state index is 0.247. The minimum atomic E-state index is -0.247. The molecule has 0 saturated carbocycles. The highest BCUT2D eigenvalue weighted by Crippen LogP contribution is 2.12. The molecule has 0 fully saturated rings. The van der Waals surface area contributed by atoms with E-state index in [-0.39, 0.29) is 5.56 Å². The maximum Gasteiger partial charge on any atom is 0.275 e. The number of H-pyrrole nitrogens is 2. The second kappa shape index (κ2) is 4.89. The number of aromatic amines is 2. The number of nitrogens with one attached hydrogen (secondary N) is 2. The lowest BCUT2D eigenvalue weighted by atomic mass is 10.1. The number of aromatic nitrogens is 4. The van der Waals surface area contributed by atoms with Gasteiger partial charge in [0.1, 0.15) is 5.82 Å². The van der Waals surface area contributed by atoms with Crippen LogP contribution in [0.15, 0.2) is 53.6 Å². The van der Waals surface area contributed by atoms with Crippen LogP contribution in [0.1, 0.15) is 11.3 Å². The summed E-state index contributed by atoms with van der Waals surface area (Å²) in [6, 6.07) is 11.7. The lowest BCUT2D eigenvalue weighted by Gasteiger charge is -1.98. The van der Waals surface area contributed by atoms with E-state index in [2.05, 4.69) is 32.3 Å². The van der Waals surface area contributed by atoms with Crippen LogP contribution >= 0.6 is 0 Å². The van der Waals surface area contributed by atoms with Gasteiger partial charge in [-0.3, -0.25) is 4.79 Å². The zero-order valence-electron chi connectivity index (χ0n) is 10.1. The Morgan fingerprint density at radius 2 is 1.95 bits per heavy atom. The molecule has 0 radical (unpaired) electrons. The molecule has 0 bridgehead atoms. The largest absolute Gasteiger partial charge is 0.341 e. The van der Waals surface area contributed by atoms with Gasteiger partial charge in [-0.2, -0.15) is 5.10 Å². The molecule has 1 aromatic carbocycles. The third kappa shape index (κ3) is 2.44. The fraction of sp³-hybridized carbons (Fsp3) is 0.0714. The highest BCUT2D eigenvalue weighted by Gasteiger charge is 2.07. The number of hydrogen-bond donors (Lipinski definition) is 2. The van der Waals surface area contributed by atoms with Crippen LogP contribution in [0, 0.1) is 0 Å². The van der Waals surface area contributed by atoms with Crippen molar-refractivity contribution in [3.8, 4) is 11.4 Å². The van der Waals surface area contributed by atoms with Gasteiger partial charge in [0.2, 0.25) is 0 Å². The molecule has 0 atom stereocenters. The molecule has 0 aliphatic rings. The van der Waals surface area contributed by atoms with Gasteiger partial charge in [0.15, 0.2) is 0 Å². The zero-order valence-corrected chi connectivity index (χ0v) is 10.1. The van der Waals surface area contributed by atoms with Crippen molar-refractivity contribution in [2.24, 2.45) is 0 Å². The predicted octanol–water partition coefficient (Wildman–Crippen LogP) is 1.75. The lowest BCUT2D eigenvalue weighted by molar-refractivity contribution is 0.985. The Morgan fingerprint density at radius 3 is 2.74 bits per heavy atom. The minimum Gasteiger partial charge on any atom is -0.341 e. The quantitative estimate of drug-likeness (QED) is 0.745. The number of rotatable bonds is 3. The van der Waals surface area contributed by atoms with Crippen molar-refractivity contribution in [1.29, 1.82) is 0 Å². The van der Waals surface area contributed by atoms with Gasteiger partial charge in [0.25, 0.3) is 5.56 Å². The molecule has 19 heavy (non-hydrogen) atoms. The predicted molar refractivity (Wildman–Crippen MR) is 71.7 cm³/mol. The van der Waals surface area contributed by atoms with Crippen LogP contribution in [-0.4, -0.2) is 20.2 Å². The van der Waals surface area contributed by atoms with Gasteiger partial charge in [-0.1, -0.05) is 30.3 Å². The molecular weight excluding hydrogens is 240 g/mol. The fourth-order valence-corrected chi connectivity index (χ4v) is 1.93. The zero-order chi connectivity index (χ0) is 13.1. The first-order valence-electron chi connectivity index (χ1n) is 5.95. The van der Waals surface area contributed by atoms with Gasteiger partial charge in [0.05, 0.1) is 5.56 Å². The molecule has 2 aromatic heterocycles. The molecule has 94 valence electrons. The molecule has 5 heteroatoms. The SMILES string of the molecule is O=c1[nH]nccc1-c1ncc(Cc2ccccc2)[nH]1. The highest BCUT2D eigenvalue weighted by atomic mass is 16.1. The molecule has 0 spiro atoms. The Hall–Kier alpha value is -2.69. The van der Waals surface area contributed by atoms with E-state index in [4.69, 9.17) is 0 Å². The number of hydrogen-bond acceptors (Lipinski definition) is 3. The molecule has 2 heterocycles. The van der Waals surface area contributed by atoms with Gasteiger partial charge < -0.3 is 4.98 Å². The first kappa shape index (κ1) is 11.4. The van der Waals surface area contributed by atoms with Crippen molar-refractivity contribution >= 4 is 0 Å². The van der Waals surface area contributed by atoms with Gasteiger partial charge >= 0.3 is 0 Å². The molecule has 3 aromatic rings. The molecule has 2 N–H and O–H groups in total. The van der Waals surface area contributed by atoms with Crippen molar-refractivity contribution < 1.29 is 0 Å². The number of imidazole rings is 1. The van der Waals surface area contributed by atoms with Crippen molar-refractivity contribution in [3.63, 3.8) is 0 Å². The Morgan fingerprint density at radius 1 is 1.11 bits per heavy atom. The first-order valence-corrected chi connectivity index (χ1v) is 5.95. The molecule has 0 saturated heterocycles. The third-order valence-corrected chi connectivity index (χ3v) is 2.85. The summed E-state index contributed by atoms with van der Waals surface area (Å²) in [4.78, 5) is 19.0. The van der Waals surface area contributed by atoms with E-state index in [9.17, 15) is 4.79 Å². The van der Waals surface area contributed by atoms with E-state index in [0.29, 0.717) is 11.4 Å². The Labute approximate surface area is 109 Å². The van der Waals surface area contributed by atoms with Gasteiger partial charge in [-0.05, 0) is 11.6 Å². The average molecular weight is 252 g/mol. The summed E-state index contributed by atoms with van der Waals surface area (Å²) in [5.74, 6) is 0.564. The molecule has 0 amide bonds. The summed E-state index contributed by atoms with van der Waals surface area (Å²) in [6.45, 7) is 0. The van der Waals surface area contributed by atoms with Crippen molar-refractivity contribution in [3.05, 3.63) is 70.4 Å². The van der Waals surface area contributed by atoms with E-state index >= 15 is 0 Å². The van der Waals surface area contributed by atoms with Crippen LogP contribution in [0.5, 0.6) is 0 Å². The number of benzene rings is 1. The second-order valence-electron chi connectivity index (χ2n) is 4.22. The summed E-state index contributed by atoms with van der Waals surface area (Å²) in [7, 11) is 0. The average Bonchev–Trinajstić information content (AvgIpc) is 2.89. The van der Waals surface area contributed by atoms with E-state index in [0.717, 1.165) is 12.1 Å². The normalized spacial score (nSPS) is 10.5. The fourth-order valence-electron chi connectivity index (χ4n) is 1.93. The first-order chi connectivity index (χ1) is 9.33. The van der Waals surface area contributed by atoms with Crippen LogP contribution in [0.4, 0.5) is 0 Å². The molecule has 0 aliphatic heterocycles. The van der Waals surface area contributed by atoms with E-state index < -0.39 is 0 Å². The monoisotopic (exact) mass is 252 g/mol. The lowest BCUT2D eigenvalue weighted by Crippen LogP contribution is -2.10. The van der Waals surface area contributed by atoms with Crippen molar-refractivity contribution in [2.45, 2.75) is 6.42 Å². The van der Waals surface area contributed by atoms with Crippen LogP contribution < -0.4 is 5.56 Å². The smallest absolute Gasteiger partial charge is 0.275 e. The molecule has 3 rings (SSSR count). The number of nitrogens with zero attached hydrogens (tertiary/aromatic N) is 2. The summed E-state index contributed by atoms with van der Waals surface area (Å²) in [6.07, 6.45) is 4.05. The maximum absolute atomic E-state index is 11.6. The van der Waals surface area contributed by atoms with Gasteiger partial charge in [-0.25, -0.2) is 10.1 Å². The molecule has 0 unspecified atom stereocenters. The standard InChI is InChI=1S/C14H12N4O/c19-14-12(6-7-16-18-14)13-15-9-11(17-13)8-10-4-2-1-3-5-10/h1-7,9H,8H2,(H,15,17)(H,18,19). The third-order valence-electron chi connectivity index (χ3n) is 2.85. The molecule has 0 aliphatic carbocycles. The Balaban J connectivity index is 1.88. The van der Waals surface area contributed by atoms with E-state index in [1.165, 1.54) is 11.8 Å². The van der Waals surface area contributed by atoms with E-state index in [1.54, 1.807) is 12.3 Å².